The van der Waals surface area contributed by atoms with Crippen LogP contribution in [0.15, 0.2) is 26.8 Å². The molecule has 0 unspecified atom stereocenters. The van der Waals surface area contributed by atoms with Gasteiger partial charge in [0, 0.05) is 6.21 Å². The second kappa shape index (κ2) is 8.07. The van der Waals surface area contributed by atoms with Gasteiger partial charge in [-0.1, -0.05) is 49.5 Å². The molecule has 0 aromatic carbocycles. The molecule has 0 saturated carbocycles. The van der Waals surface area contributed by atoms with Crippen LogP contribution in [0.3, 0.4) is 0 Å². The van der Waals surface area contributed by atoms with Gasteiger partial charge in [0.25, 0.3) is 0 Å². The van der Waals surface area contributed by atoms with E-state index < -0.39 is 0 Å². The summed E-state index contributed by atoms with van der Waals surface area (Å²) in [6.07, 6.45) is 6.47. The minimum atomic E-state index is 0.570. The molecule has 80 valence electrons. The lowest BCUT2D eigenvalue weighted by molar-refractivity contribution is 0.955. The van der Waals surface area contributed by atoms with Gasteiger partial charge in [0.1, 0.15) is 0 Å². The highest BCUT2D eigenvalue weighted by atomic mass is 35.5. The van der Waals surface area contributed by atoms with Gasteiger partial charge in [-0.2, -0.15) is 0 Å². The van der Waals surface area contributed by atoms with Crippen LogP contribution in [-0.2, 0) is 0 Å². The lowest BCUT2D eigenvalue weighted by Crippen LogP contribution is -1.83. The quantitative estimate of drug-likeness (QED) is 0.475. The first-order chi connectivity index (χ1) is 6.67. The second-order valence-electron chi connectivity index (χ2n) is 2.84. The maximum Gasteiger partial charge on any atom is 0.0803 e. The molecular formula is C11H17Cl2N. The Morgan fingerprint density at radius 1 is 1.29 bits per heavy atom. The first kappa shape index (κ1) is 13.7. The SMILES string of the molecule is CC=N/C(CC)=C(Cl)\C(Cl)=C\CCC. The molecule has 0 amide bonds. The van der Waals surface area contributed by atoms with Crippen LogP contribution in [-0.4, -0.2) is 6.21 Å². The normalized spacial score (nSPS) is 14.8. The van der Waals surface area contributed by atoms with E-state index in [1.165, 1.54) is 0 Å². The molecule has 0 aliphatic carbocycles. The van der Waals surface area contributed by atoms with Crippen LogP contribution in [0.2, 0.25) is 0 Å². The molecule has 0 heterocycles. The Labute approximate surface area is 96.5 Å². The lowest BCUT2D eigenvalue weighted by atomic mass is 10.2. The summed E-state index contributed by atoms with van der Waals surface area (Å²) in [5.74, 6) is 0. The zero-order valence-electron chi connectivity index (χ0n) is 8.98. The maximum atomic E-state index is 6.08. The Balaban J connectivity index is 4.75. The Morgan fingerprint density at radius 3 is 2.36 bits per heavy atom. The first-order valence-electron chi connectivity index (χ1n) is 4.90. The number of halogens is 2. The van der Waals surface area contributed by atoms with E-state index in [4.69, 9.17) is 23.2 Å². The van der Waals surface area contributed by atoms with Crippen LogP contribution in [0.5, 0.6) is 0 Å². The minimum Gasteiger partial charge on any atom is -0.264 e. The van der Waals surface area contributed by atoms with E-state index in [9.17, 15) is 0 Å². The van der Waals surface area contributed by atoms with Gasteiger partial charge in [-0.05, 0) is 19.8 Å². The Hall–Kier alpha value is -0.270. The molecule has 0 aliphatic rings. The standard InChI is InChI=1S/C11H17Cl2N/c1-4-7-8-9(12)11(13)10(5-2)14-6-3/h6,8H,4-5,7H2,1-3H3/b9-8-,11-10+,14-6?. The summed E-state index contributed by atoms with van der Waals surface area (Å²) in [6.45, 7) is 5.97. The van der Waals surface area contributed by atoms with Gasteiger partial charge < -0.3 is 0 Å². The third kappa shape index (κ3) is 4.83. The fraction of sp³-hybridized carbons (Fsp3) is 0.545. The lowest BCUT2D eigenvalue weighted by Gasteiger charge is -2.02. The van der Waals surface area contributed by atoms with Crippen molar-refractivity contribution in [1.82, 2.24) is 0 Å². The summed E-state index contributed by atoms with van der Waals surface area (Å²) in [6, 6.07) is 0. The molecular weight excluding hydrogens is 217 g/mol. The fourth-order valence-electron chi connectivity index (χ4n) is 0.958. The number of rotatable bonds is 5. The van der Waals surface area contributed by atoms with E-state index in [-0.39, 0.29) is 0 Å². The number of hydrogen-bond donors (Lipinski definition) is 0. The van der Waals surface area contributed by atoms with E-state index in [2.05, 4.69) is 11.9 Å². The van der Waals surface area contributed by atoms with Crippen molar-refractivity contribution in [2.45, 2.75) is 40.0 Å². The summed E-state index contributed by atoms with van der Waals surface area (Å²) in [5, 5.41) is 1.18. The van der Waals surface area contributed by atoms with Gasteiger partial charge in [-0.3, -0.25) is 4.99 Å². The largest absolute Gasteiger partial charge is 0.264 e. The molecule has 3 heteroatoms. The van der Waals surface area contributed by atoms with Crippen molar-refractivity contribution < 1.29 is 0 Å². The zero-order valence-corrected chi connectivity index (χ0v) is 10.5. The molecule has 0 radical (unpaired) electrons. The monoisotopic (exact) mass is 233 g/mol. The minimum absolute atomic E-state index is 0.570. The molecule has 0 aromatic rings. The smallest absolute Gasteiger partial charge is 0.0803 e. The molecule has 0 aliphatic heterocycles. The van der Waals surface area contributed by atoms with Gasteiger partial charge in [-0.25, -0.2) is 0 Å². The number of nitrogens with zero attached hydrogens (tertiary/aromatic N) is 1. The third-order valence-corrected chi connectivity index (χ3v) is 2.56. The van der Waals surface area contributed by atoms with Crippen LogP contribution in [0, 0.1) is 0 Å². The number of allylic oxidation sites excluding steroid dienone is 4. The van der Waals surface area contributed by atoms with Gasteiger partial charge in [0.2, 0.25) is 0 Å². The molecule has 0 rings (SSSR count). The first-order valence-corrected chi connectivity index (χ1v) is 5.66. The second-order valence-corrected chi connectivity index (χ2v) is 3.63. The molecule has 0 fully saturated rings. The highest BCUT2D eigenvalue weighted by Gasteiger charge is 2.04. The van der Waals surface area contributed by atoms with Crippen LogP contribution in [0.4, 0.5) is 0 Å². The third-order valence-electron chi connectivity index (χ3n) is 1.70. The van der Waals surface area contributed by atoms with E-state index in [0.29, 0.717) is 10.1 Å². The van der Waals surface area contributed by atoms with Gasteiger partial charge >= 0.3 is 0 Å². The van der Waals surface area contributed by atoms with Crippen molar-refractivity contribution >= 4 is 29.4 Å². The molecule has 0 spiro atoms. The topological polar surface area (TPSA) is 12.4 Å². The Bertz CT molecular complexity index is 252. The van der Waals surface area contributed by atoms with Gasteiger partial charge in [0.15, 0.2) is 0 Å². The zero-order chi connectivity index (χ0) is 11.0. The van der Waals surface area contributed by atoms with Gasteiger partial charge in [0.05, 0.1) is 15.8 Å². The molecule has 0 bridgehead atoms. The van der Waals surface area contributed by atoms with Gasteiger partial charge in [-0.15, -0.1) is 0 Å². The van der Waals surface area contributed by atoms with E-state index in [0.717, 1.165) is 25.0 Å². The average Bonchev–Trinajstić information content (AvgIpc) is 2.21. The molecule has 14 heavy (non-hydrogen) atoms. The van der Waals surface area contributed by atoms with E-state index in [1.54, 1.807) is 6.21 Å². The van der Waals surface area contributed by atoms with Crippen molar-refractivity contribution in [2.75, 3.05) is 0 Å². The van der Waals surface area contributed by atoms with Crippen LogP contribution in [0.1, 0.15) is 40.0 Å². The maximum absolute atomic E-state index is 6.08. The van der Waals surface area contributed by atoms with E-state index >= 15 is 0 Å². The van der Waals surface area contributed by atoms with E-state index in [1.807, 2.05) is 19.9 Å². The molecule has 0 atom stereocenters. The van der Waals surface area contributed by atoms with Crippen LogP contribution < -0.4 is 0 Å². The molecule has 0 N–H and O–H groups in total. The summed E-state index contributed by atoms with van der Waals surface area (Å²) in [4.78, 5) is 4.17. The summed E-state index contributed by atoms with van der Waals surface area (Å²) in [5.41, 5.74) is 0.839. The van der Waals surface area contributed by atoms with Crippen molar-refractivity contribution in [2.24, 2.45) is 4.99 Å². The predicted molar refractivity (Wildman–Crippen MR) is 66.2 cm³/mol. The molecule has 1 nitrogen and oxygen atoms in total. The summed E-state index contributed by atoms with van der Waals surface area (Å²) < 4.78 is 0. The average molecular weight is 234 g/mol. The van der Waals surface area contributed by atoms with Crippen molar-refractivity contribution in [3.8, 4) is 0 Å². The predicted octanol–water partition coefficient (Wildman–Crippen LogP) is 4.86. The van der Waals surface area contributed by atoms with Crippen LogP contribution >= 0.6 is 23.2 Å². The van der Waals surface area contributed by atoms with Crippen molar-refractivity contribution in [3.63, 3.8) is 0 Å². The van der Waals surface area contributed by atoms with Crippen molar-refractivity contribution in [3.05, 3.63) is 21.8 Å². The Morgan fingerprint density at radius 2 is 1.93 bits per heavy atom. The van der Waals surface area contributed by atoms with Crippen LogP contribution in [0.25, 0.3) is 0 Å². The Kier molecular flexibility index (Phi) is 7.92. The molecule has 0 saturated heterocycles. The number of unbranched alkanes of at least 4 members (excludes halogenated alkanes) is 1. The van der Waals surface area contributed by atoms with Crippen molar-refractivity contribution in [1.29, 1.82) is 0 Å². The number of hydrogen-bond acceptors (Lipinski definition) is 1. The summed E-state index contributed by atoms with van der Waals surface area (Å²) >= 11 is 12.1. The highest BCUT2D eigenvalue weighted by Crippen LogP contribution is 2.25. The summed E-state index contributed by atoms with van der Waals surface area (Å²) in [7, 11) is 0. The number of aliphatic imine (C=N–C) groups is 1. The highest BCUT2D eigenvalue weighted by molar-refractivity contribution is 6.44. The molecule has 0 aromatic heterocycles. The fourth-order valence-corrected chi connectivity index (χ4v) is 1.44.